The fourth-order valence-corrected chi connectivity index (χ4v) is 9.60. The number of phenolic OH excluding ortho intramolecular Hbond substituents is 6. The van der Waals surface area contributed by atoms with Crippen LogP contribution in [0.25, 0.3) is 54.9 Å². The lowest BCUT2D eigenvalue weighted by Gasteiger charge is -2.32. The molecule has 56 heavy (non-hydrogen) atoms. The standard InChI is InChI=1S/C46H48N2O8/c1-19-9-25-27(41-31-13-21(3)47-23(5)39(31)33(49)17-35(41)51)15-29(45(53)43(25)37(11-19)55-7)30-16-28(26-10-20(2)12-38(56-8)44(26)46(30)54)42-32-14-22(4)48-24(6)40(32)34(50)18-36(42)52/h9-12,15-18,21-24,47-54H,13-14H2,1-8H3/t21-,22-,23-,24+/m0/s1. The largest absolute Gasteiger partial charge is 0.507 e. The number of aryl methyl sites for hydroxylation is 2. The Labute approximate surface area is 325 Å². The van der Waals surface area contributed by atoms with E-state index in [0.717, 1.165) is 22.3 Å². The highest BCUT2D eigenvalue weighted by molar-refractivity contribution is 6.13. The number of ether oxygens (including phenoxy) is 2. The number of aromatic hydroxyl groups is 6. The van der Waals surface area contributed by atoms with Crippen LogP contribution < -0.4 is 20.1 Å². The van der Waals surface area contributed by atoms with Gasteiger partial charge in [-0.15, -0.1) is 0 Å². The van der Waals surface area contributed by atoms with E-state index < -0.39 is 0 Å². The van der Waals surface area contributed by atoms with E-state index in [0.29, 0.717) is 79.3 Å². The number of methoxy groups -OCH3 is 2. The van der Waals surface area contributed by atoms with Gasteiger partial charge in [-0.2, -0.15) is 0 Å². The maximum atomic E-state index is 12.5. The number of fused-ring (bicyclic) bond motifs is 4. The van der Waals surface area contributed by atoms with Crippen LogP contribution in [0.2, 0.25) is 0 Å². The van der Waals surface area contributed by atoms with Crippen molar-refractivity contribution < 1.29 is 40.1 Å². The first-order valence-corrected chi connectivity index (χ1v) is 19.0. The van der Waals surface area contributed by atoms with Gasteiger partial charge in [0.25, 0.3) is 0 Å². The van der Waals surface area contributed by atoms with Crippen LogP contribution in [0, 0.1) is 13.8 Å². The molecule has 0 unspecified atom stereocenters. The molecule has 0 amide bonds. The summed E-state index contributed by atoms with van der Waals surface area (Å²) in [4.78, 5) is 0. The molecule has 4 atom stereocenters. The predicted molar refractivity (Wildman–Crippen MR) is 220 cm³/mol. The lowest BCUT2D eigenvalue weighted by atomic mass is 9.80. The normalized spacial score (nSPS) is 19.2. The zero-order chi connectivity index (χ0) is 40.1. The molecule has 2 heterocycles. The summed E-state index contributed by atoms with van der Waals surface area (Å²) in [5.41, 5.74) is 7.27. The van der Waals surface area contributed by atoms with Gasteiger partial charge >= 0.3 is 0 Å². The first kappa shape index (κ1) is 37.1. The van der Waals surface area contributed by atoms with E-state index in [1.165, 1.54) is 26.4 Å². The zero-order valence-electron chi connectivity index (χ0n) is 32.8. The van der Waals surface area contributed by atoms with Gasteiger partial charge in [-0.05, 0) is 123 Å². The fourth-order valence-electron chi connectivity index (χ4n) is 9.60. The summed E-state index contributed by atoms with van der Waals surface area (Å²) in [5.74, 6) is 0.187. The Balaban J connectivity index is 1.55. The molecule has 0 bridgehead atoms. The summed E-state index contributed by atoms with van der Waals surface area (Å²) in [6.07, 6.45) is 1.02. The molecule has 0 aromatic heterocycles. The lowest BCUT2D eigenvalue weighted by Crippen LogP contribution is -2.36. The second kappa shape index (κ2) is 13.4. The van der Waals surface area contributed by atoms with E-state index in [-0.39, 0.29) is 69.8 Å². The maximum absolute atomic E-state index is 12.5. The van der Waals surface area contributed by atoms with Gasteiger partial charge in [0.1, 0.15) is 46.0 Å². The van der Waals surface area contributed by atoms with Crippen LogP contribution in [-0.2, 0) is 12.8 Å². The Kier molecular flexibility index (Phi) is 8.89. The number of phenols is 6. The molecule has 0 radical (unpaired) electrons. The van der Waals surface area contributed by atoms with Crippen LogP contribution in [0.3, 0.4) is 0 Å². The Morgan fingerprint density at radius 2 is 0.875 bits per heavy atom. The van der Waals surface area contributed by atoms with Gasteiger partial charge in [-0.25, -0.2) is 0 Å². The Morgan fingerprint density at radius 3 is 1.23 bits per heavy atom. The van der Waals surface area contributed by atoms with Crippen molar-refractivity contribution in [3.63, 3.8) is 0 Å². The van der Waals surface area contributed by atoms with E-state index in [2.05, 4.69) is 24.5 Å². The van der Waals surface area contributed by atoms with Crippen molar-refractivity contribution in [3.8, 4) is 79.4 Å². The molecule has 0 fully saturated rings. The highest BCUT2D eigenvalue weighted by Gasteiger charge is 2.33. The lowest BCUT2D eigenvalue weighted by molar-refractivity contribution is 0.401. The molecule has 0 aliphatic carbocycles. The molecule has 8 N–H and O–H groups in total. The maximum Gasteiger partial charge on any atom is 0.135 e. The Hall–Kier alpha value is -5.84. The third-order valence-corrected chi connectivity index (χ3v) is 11.7. The minimum atomic E-state index is -0.209. The van der Waals surface area contributed by atoms with Gasteiger partial charge in [-0.3, -0.25) is 0 Å². The van der Waals surface area contributed by atoms with Crippen LogP contribution in [0.4, 0.5) is 0 Å². The molecule has 6 aromatic carbocycles. The van der Waals surface area contributed by atoms with Crippen LogP contribution >= 0.6 is 0 Å². The van der Waals surface area contributed by atoms with Crippen molar-refractivity contribution in [2.75, 3.05) is 14.2 Å². The van der Waals surface area contributed by atoms with E-state index in [1.807, 2.05) is 52.0 Å². The van der Waals surface area contributed by atoms with Crippen molar-refractivity contribution in [3.05, 3.63) is 81.9 Å². The number of rotatable bonds is 5. The Morgan fingerprint density at radius 1 is 0.500 bits per heavy atom. The smallest absolute Gasteiger partial charge is 0.135 e. The molecule has 2 aliphatic rings. The molecular formula is C46H48N2O8. The molecule has 0 saturated carbocycles. The highest BCUT2D eigenvalue weighted by atomic mass is 16.5. The van der Waals surface area contributed by atoms with Crippen molar-refractivity contribution >= 4 is 21.5 Å². The third kappa shape index (κ3) is 5.61. The third-order valence-electron chi connectivity index (χ3n) is 11.7. The van der Waals surface area contributed by atoms with Crippen molar-refractivity contribution in [2.45, 2.75) is 78.6 Å². The SMILES string of the molecule is COc1cc(C)cc2c(-c3c(O)cc(O)c4c3C[C@H](C)N[C@H]4C)cc(-c3cc(-c4c(O)cc(O)c5c4C[C@H](C)N[C@@H]5C)c4cc(C)cc(OC)c4c3O)c(O)c12. The average Bonchev–Trinajstić information content (AvgIpc) is 3.11. The molecule has 8 rings (SSSR count). The zero-order valence-corrected chi connectivity index (χ0v) is 32.8. The molecule has 0 saturated heterocycles. The molecule has 6 aromatic rings. The molecule has 0 spiro atoms. The van der Waals surface area contributed by atoms with Crippen LogP contribution in [0.15, 0.2) is 48.5 Å². The molecule has 10 heteroatoms. The van der Waals surface area contributed by atoms with E-state index in [1.54, 1.807) is 12.1 Å². The Bertz CT molecular complexity index is 2450. The average molecular weight is 757 g/mol. The van der Waals surface area contributed by atoms with Crippen LogP contribution in [0.5, 0.6) is 46.0 Å². The molecule has 10 nitrogen and oxygen atoms in total. The van der Waals surface area contributed by atoms with Crippen molar-refractivity contribution in [2.24, 2.45) is 0 Å². The van der Waals surface area contributed by atoms with Gasteiger partial charge in [0.05, 0.1) is 25.0 Å². The topological polar surface area (TPSA) is 164 Å². The predicted octanol–water partition coefficient (Wildman–Crippen LogP) is 9.05. The number of hydrogen-bond acceptors (Lipinski definition) is 10. The number of nitrogens with one attached hydrogen (secondary N) is 2. The van der Waals surface area contributed by atoms with Crippen molar-refractivity contribution in [1.82, 2.24) is 10.6 Å². The summed E-state index contributed by atoms with van der Waals surface area (Å²) in [7, 11) is 3.06. The summed E-state index contributed by atoms with van der Waals surface area (Å²) >= 11 is 0. The van der Waals surface area contributed by atoms with Gasteiger partial charge < -0.3 is 50.7 Å². The summed E-state index contributed by atoms with van der Waals surface area (Å²) < 4.78 is 11.8. The summed E-state index contributed by atoms with van der Waals surface area (Å²) in [6, 6.07) is 13.4. The molecular weight excluding hydrogens is 709 g/mol. The number of benzene rings is 6. The van der Waals surface area contributed by atoms with Gasteiger partial charge in [0, 0.05) is 69.7 Å². The number of hydrogen-bond donors (Lipinski definition) is 8. The monoisotopic (exact) mass is 756 g/mol. The quantitative estimate of drug-likeness (QED) is 0.0852. The van der Waals surface area contributed by atoms with E-state index in [9.17, 15) is 30.6 Å². The second-order valence-electron chi connectivity index (χ2n) is 15.8. The van der Waals surface area contributed by atoms with Crippen LogP contribution in [-0.4, -0.2) is 56.9 Å². The molecule has 290 valence electrons. The van der Waals surface area contributed by atoms with Crippen LogP contribution in [0.1, 0.15) is 73.2 Å². The van der Waals surface area contributed by atoms with Gasteiger partial charge in [-0.1, -0.05) is 12.1 Å². The minimum absolute atomic E-state index is 0.0136. The van der Waals surface area contributed by atoms with Gasteiger partial charge in [0.2, 0.25) is 0 Å². The first-order valence-electron chi connectivity index (χ1n) is 19.0. The minimum Gasteiger partial charge on any atom is -0.507 e. The fraction of sp³-hybridized carbons (Fsp3) is 0.304. The first-order chi connectivity index (χ1) is 26.6. The van der Waals surface area contributed by atoms with Crippen molar-refractivity contribution in [1.29, 1.82) is 0 Å². The second-order valence-corrected chi connectivity index (χ2v) is 15.8. The molecule has 2 aliphatic heterocycles. The van der Waals surface area contributed by atoms with E-state index in [4.69, 9.17) is 9.47 Å². The van der Waals surface area contributed by atoms with E-state index >= 15 is 0 Å². The summed E-state index contributed by atoms with van der Waals surface area (Å²) in [5, 5.41) is 79.7. The summed E-state index contributed by atoms with van der Waals surface area (Å²) in [6.45, 7) is 11.9. The van der Waals surface area contributed by atoms with Gasteiger partial charge in [0.15, 0.2) is 0 Å². The highest BCUT2D eigenvalue weighted by Crippen LogP contribution is 2.56.